The van der Waals surface area contributed by atoms with Crippen molar-refractivity contribution in [1.82, 2.24) is 4.90 Å². The van der Waals surface area contributed by atoms with Crippen LogP contribution in [-0.4, -0.2) is 42.2 Å². The summed E-state index contributed by atoms with van der Waals surface area (Å²) in [5.41, 5.74) is 17.3. The summed E-state index contributed by atoms with van der Waals surface area (Å²) in [5.74, 6) is 0. The predicted octanol–water partition coefficient (Wildman–Crippen LogP) is 0.502. The Kier molecular flexibility index (Phi) is 6.48. The molecule has 0 bridgehead atoms. The Morgan fingerprint density at radius 2 is 1.44 bits per heavy atom. The van der Waals surface area contributed by atoms with E-state index in [0.717, 1.165) is 25.9 Å². The van der Waals surface area contributed by atoms with Gasteiger partial charge in [-0.15, -0.1) is 0 Å². The number of nitrogens with two attached hydrogens (primary N) is 3. The lowest BCUT2D eigenvalue weighted by molar-refractivity contribution is 0.108. The summed E-state index contributed by atoms with van der Waals surface area (Å²) in [5, 5.41) is 0. The predicted molar refractivity (Wildman–Crippen MR) is 71.3 cm³/mol. The lowest BCUT2D eigenvalue weighted by atomic mass is 9.95. The molecule has 0 fully saturated rings. The van der Waals surface area contributed by atoms with Crippen LogP contribution in [0.25, 0.3) is 0 Å². The Hall–Kier alpha value is -0.160. The second kappa shape index (κ2) is 6.55. The fourth-order valence-corrected chi connectivity index (χ4v) is 1.81. The SMILES string of the molecule is CC(C)(N)CCN(CCN)C(C)(C)CCN. The van der Waals surface area contributed by atoms with Crippen molar-refractivity contribution in [3.63, 3.8) is 0 Å². The average molecular weight is 230 g/mol. The Labute approximate surface area is 101 Å². The largest absolute Gasteiger partial charge is 0.330 e. The van der Waals surface area contributed by atoms with Gasteiger partial charge >= 0.3 is 0 Å². The fraction of sp³-hybridized carbons (Fsp3) is 1.00. The maximum atomic E-state index is 6.01. The second-order valence-corrected chi connectivity index (χ2v) is 5.87. The molecule has 16 heavy (non-hydrogen) atoms. The van der Waals surface area contributed by atoms with E-state index in [-0.39, 0.29) is 11.1 Å². The molecule has 0 spiro atoms. The van der Waals surface area contributed by atoms with Crippen LogP contribution < -0.4 is 17.2 Å². The first kappa shape index (κ1) is 15.8. The highest BCUT2D eigenvalue weighted by Gasteiger charge is 2.26. The van der Waals surface area contributed by atoms with Crippen molar-refractivity contribution in [1.29, 1.82) is 0 Å². The van der Waals surface area contributed by atoms with Gasteiger partial charge in [0.1, 0.15) is 0 Å². The molecule has 0 aliphatic heterocycles. The molecule has 0 aliphatic carbocycles. The molecule has 0 aromatic carbocycles. The van der Waals surface area contributed by atoms with Crippen molar-refractivity contribution in [2.45, 2.75) is 51.6 Å². The maximum Gasteiger partial charge on any atom is 0.0165 e. The third-order valence-corrected chi connectivity index (χ3v) is 3.04. The molecule has 0 aromatic rings. The molecule has 0 aliphatic rings. The van der Waals surface area contributed by atoms with Crippen LogP contribution in [0.1, 0.15) is 40.5 Å². The summed E-state index contributed by atoms with van der Waals surface area (Å²) >= 11 is 0. The van der Waals surface area contributed by atoms with Crippen molar-refractivity contribution in [3.05, 3.63) is 0 Å². The molecule has 0 saturated heterocycles. The molecule has 0 unspecified atom stereocenters. The van der Waals surface area contributed by atoms with Gasteiger partial charge in [-0.3, -0.25) is 4.90 Å². The fourth-order valence-electron chi connectivity index (χ4n) is 1.81. The van der Waals surface area contributed by atoms with E-state index in [9.17, 15) is 0 Å². The minimum absolute atomic E-state index is 0.110. The zero-order valence-corrected chi connectivity index (χ0v) is 11.4. The smallest absolute Gasteiger partial charge is 0.0165 e. The zero-order chi connectivity index (χ0) is 12.8. The summed E-state index contributed by atoms with van der Waals surface area (Å²) in [4.78, 5) is 2.40. The molecule has 4 heteroatoms. The monoisotopic (exact) mass is 230 g/mol. The summed E-state index contributed by atoms with van der Waals surface area (Å²) in [6, 6.07) is 0. The van der Waals surface area contributed by atoms with Crippen LogP contribution in [0.2, 0.25) is 0 Å². The Balaban J connectivity index is 4.36. The van der Waals surface area contributed by atoms with Crippen molar-refractivity contribution < 1.29 is 0 Å². The highest BCUT2D eigenvalue weighted by Crippen LogP contribution is 2.19. The van der Waals surface area contributed by atoms with Crippen LogP contribution in [0, 0.1) is 0 Å². The molecule has 0 amide bonds. The van der Waals surface area contributed by atoms with E-state index in [1.165, 1.54) is 0 Å². The third kappa shape index (κ3) is 6.43. The van der Waals surface area contributed by atoms with Crippen molar-refractivity contribution >= 4 is 0 Å². The molecule has 0 saturated carbocycles. The van der Waals surface area contributed by atoms with Crippen LogP contribution in [0.5, 0.6) is 0 Å². The molecular weight excluding hydrogens is 200 g/mol. The number of rotatable bonds is 8. The third-order valence-electron chi connectivity index (χ3n) is 3.04. The van der Waals surface area contributed by atoms with E-state index >= 15 is 0 Å². The highest BCUT2D eigenvalue weighted by atomic mass is 15.2. The lowest BCUT2D eigenvalue weighted by Crippen LogP contribution is -2.50. The highest BCUT2D eigenvalue weighted by molar-refractivity contribution is 4.84. The average Bonchev–Trinajstić information content (AvgIpc) is 2.10. The molecule has 4 nitrogen and oxygen atoms in total. The molecule has 98 valence electrons. The lowest BCUT2D eigenvalue weighted by Gasteiger charge is -2.39. The molecule has 0 rings (SSSR count). The van der Waals surface area contributed by atoms with Crippen LogP contribution in [0.4, 0.5) is 0 Å². The Morgan fingerprint density at radius 3 is 1.81 bits per heavy atom. The molecule has 6 N–H and O–H groups in total. The standard InChI is InChI=1S/C12H30N4/c1-11(2,15)6-9-16(10-8-14)12(3,4)5-7-13/h5-10,13-15H2,1-4H3. The van der Waals surface area contributed by atoms with Crippen LogP contribution in [0.3, 0.4) is 0 Å². The Morgan fingerprint density at radius 1 is 0.875 bits per heavy atom. The Bertz CT molecular complexity index is 184. The summed E-state index contributed by atoms with van der Waals surface area (Å²) in [6.45, 7) is 11.8. The van der Waals surface area contributed by atoms with Gasteiger partial charge in [-0.25, -0.2) is 0 Å². The van der Waals surface area contributed by atoms with Crippen LogP contribution in [-0.2, 0) is 0 Å². The van der Waals surface area contributed by atoms with Crippen LogP contribution in [0.15, 0.2) is 0 Å². The van der Waals surface area contributed by atoms with Gasteiger partial charge in [-0.05, 0) is 47.1 Å². The first-order valence-electron chi connectivity index (χ1n) is 6.17. The maximum absolute atomic E-state index is 6.01. The molecule has 0 radical (unpaired) electrons. The van der Waals surface area contributed by atoms with Crippen molar-refractivity contribution in [3.8, 4) is 0 Å². The van der Waals surface area contributed by atoms with Crippen molar-refractivity contribution in [2.75, 3.05) is 26.2 Å². The minimum Gasteiger partial charge on any atom is -0.330 e. The molecule has 0 aromatic heterocycles. The van der Waals surface area contributed by atoms with Gasteiger partial charge in [-0.1, -0.05) is 0 Å². The van der Waals surface area contributed by atoms with E-state index in [2.05, 4.69) is 32.6 Å². The summed E-state index contributed by atoms with van der Waals surface area (Å²) in [7, 11) is 0. The topological polar surface area (TPSA) is 81.3 Å². The minimum atomic E-state index is -0.119. The van der Waals surface area contributed by atoms with Gasteiger partial charge in [0.15, 0.2) is 0 Å². The second-order valence-electron chi connectivity index (χ2n) is 5.87. The molecular formula is C12H30N4. The molecule has 0 heterocycles. The van der Waals surface area contributed by atoms with Gasteiger partial charge in [-0.2, -0.15) is 0 Å². The van der Waals surface area contributed by atoms with Crippen molar-refractivity contribution in [2.24, 2.45) is 17.2 Å². The van der Waals surface area contributed by atoms with Gasteiger partial charge in [0.25, 0.3) is 0 Å². The van der Waals surface area contributed by atoms with Gasteiger partial charge < -0.3 is 17.2 Å². The van der Waals surface area contributed by atoms with Crippen LogP contribution >= 0.6 is 0 Å². The summed E-state index contributed by atoms with van der Waals surface area (Å²) in [6.07, 6.45) is 1.96. The first-order valence-corrected chi connectivity index (χ1v) is 6.17. The zero-order valence-electron chi connectivity index (χ0n) is 11.4. The number of nitrogens with zero attached hydrogens (tertiary/aromatic N) is 1. The van der Waals surface area contributed by atoms with E-state index in [0.29, 0.717) is 13.1 Å². The van der Waals surface area contributed by atoms with E-state index in [1.54, 1.807) is 0 Å². The normalized spacial score (nSPS) is 13.5. The molecule has 0 atom stereocenters. The number of hydrogen-bond donors (Lipinski definition) is 3. The van der Waals surface area contributed by atoms with Gasteiger partial charge in [0.2, 0.25) is 0 Å². The van der Waals surface area contributed by atoms with E-state index in [4.69, 9.17) is 17.2 Å². The quantitative estimate of drug-likeness (QED) is 0.567. The number of hydrogen-bond acceptors (Lipinski definition) is 4. The van der Waals surface area contributed by atoms with E-state index < -0.39 is 0 Å². The summed E-state index contributed by atoms with van der Waals surface area (Å²) < 4.78 is 0. The van der Waals surface area contributed by atoms with E-state index in [1.807, 2.05) is 0 Å². The van der Waals surface area contributed by atoms with Gasteiger partial charge in [0.05, 0.1) is 0 Å². The van der Waals surface area contributed by atoms with Gasteiger partial charge in [0, 0.05) is 30.7 Å². The first-order chi connectivity index (χ1) is 7.23.